The van der Waals surface area contributed by atoms with Crippen LogP contribution in [0.5, 0.6) is 0 Å². The van der Waals surface area contributed by atoms with E-state index in [1.165, 1.54) is 51.4 Å². The van der Waals surface area contributed by atoms with Crippen LogP contribution in [0.4, 0.5) is 0 Å². The molecule has 8 N–H and O–H groups in total. The molecule has 0 atom stereocenters. The van der Waals surface area contributed by atoms with Gasteiger partial charge in [0.05, 0.1) is 11.5 Å². The average molecular weight is 510 g/mol. The quantitative estimate of drug-likeness (QED) is 0.161. The van der Waals surface area contributed by atoms with Crippen molar-refractivity contribution in [3.8, 4) is 0 Å². The maximum atomic E-state index is 11.9. The van der Waals surface area contributed by atoms with Gasteiger partial charge in [0, 0.05) is 26.2 Å². The molecule has 187 valence electrons. The Morgan fingerprint density at radius 3 is 1.45 bits per heavy atom. The van der Waals surface area contributed by atoms with Crippen LogP contribution >= 0.6 is 0 Å². The van der Waals surface area contributed by atoms with E-state index in [-0.39, 0.29) is 28.6 Å². The minimum absolute atomic E-state index is 0. The van der Waals surface area contributed by atoms with Crippen LogP contribution in [0.15, 0.2) is 35.2 Å². The summed E-state index contributed by atoms with van der Waals surface area (Å²) in [6.45, 7) is 4.91. The van der Waals surface area contributed by atoms with Crippen LogP contribution in [0.2, 0.25) is 0 Å². The first-order valence-corrected chi connectivity index (χ1v) is 12.7. The number of hydrogen-bond acceptors (Lipinski definition) is 7. The zero-order valence-electron chi connectivity index (χ0n) is 19.2. The van der Waals surface area contributed by atoms with E-state index >= 15 is 0 Å². The van der Waals surface area contributed by atoms with E-state index < -0.39 is 10.1 Å². The Bertz CT molecular complexity index is 541. The molecule has 1 aromatic rings. The SMILES string of the molecule is CCCCCCCCCCCCOS(=O)(=O)c1ccccc1.NCCN.NCCN.[Cu+2]. The second-order valence-electron chi connectivity index (χ2n) is 6.93. The molecule has 0 unspecified atom stereocenters. The molecule has 0 aromatic heterocycles. The smallest absolute Gasteiger partial charge is 0.329 e. The molecule has 0 aliphatic rings. The summed E-state index contributed by atoms with van der Waals surface area (Å²) in [5.74, 6) is 0. The standard InChI is InChI=1S/C18H30O3S.2C2H8N2.Cu/c1-2-3-4-5-6-7-8-9-10-14-17-21-22(19,20)18-15-12-11-13-16-18;2*3-1-2-4;/h11-13,15-16H,2-10,14,17H2,1H3;2*1-4H2;/q;;;+2. The van der Waals surface area contributed by atoms with E-state index in [2.05, 4.69) is 6.92 Å². The van der Waals surface area contributed by atoms with Crippen LogP contribution in [-0.2, 0) is 31.4 Å². The Kier molecular flexibility index (Phi) is 31.2. The van der Waals surface area contributed by atoms with Crippen LogP contribution in [-0.4, -0.2) is 41.2 Å². The van der Waals surface area contributed by atoms with Gasteiger partial charge < -0.3 is 22.9 Å². The second kappa shape index (κ2) is 27.5. The normalized spacial score (nSPS) is 10.2. The third kappa shape index (κ3) is 25.6. The molecule has 1 aromatic carbocycles. The molecular formula is C22H46CuN4O3S+2. The third-order valence-electron chi connectivity index (χ3n) is 4.10. The predicted molar refractivity (Wildman–Crippen MR) is 128 cm³/mol. The average Bonchev–Trinajstić information content (AvgIpc) is 2.78. The molecule has 1 radical (unpaired) electrons. The first kappa shape index (κ1) is 35.1. The third-order valence-corrected chi connectivity index (χ3v) is 5.43. The van der Waals surface area contributed by atoms with E-state index in [0.29, 0.717) is 26.2 Å². The summed E-state index contributed by atoms with van der Waals surface area (Å²) < 4.78 is 28.8. The van der Waals surface area contributed by atoms with Crippen molar-refractivity contribution in [2.75, 3.05) is 32.8 Å². The molecule has 0 heterocycles. The molecule has 0 aliphatic heterocycles. The van der Waals surface area contributed by atoms with Crippen LogP contribution in [0.1, 0.15) is 71.1 Å². The van der Waals surface area contributed by atoms with Crippen LogP contribution in [0, 0.1) is 0 Å². The fourth-order valence-corrected chi connectivity index (χ4v) is 3.38. The van der Waals surface area contributed by atoms with Crippen molar-refractivity contribution >= 4 is 10.1 Å². The van der Waals surface area contributed by atoms with Gasteiger partial charge >= 0.3 is 17.1 Å². The molecule has 0 saturated heterocycles. The van der Waals surface area contributed by atoms with Crippen LogP contribution in [0.25, 0.3) is 0 Å². The molecule has 0 amide bonds. The van der Waals surface area contributed by atoms with Gasteiger partial charge in [-0.1, -0.05) is 82.9 Å². The van der Waals surface area contributed by atoms with Crippen molar-refractivity contribution in [3.63, 3.8) is 0 Å². The largest absolute Gasteiger partial charge is 2.00 e. The van der Waals surface area contributed by atoms with Gasteiger partial charge in [0.25, 0.3) is 10.1 Å². The van der Waals surface area contributed by atoms with Gasteiger partial charge in [0.15, 0.2) is 0 Å². The number of benzene rings is 1. The summed E-state index contributed by atoms with van der Waals surface area (Å²) in [7, 11) is -3.57. The van der Waals surface area contributed by atoms with Crippen molar-refractivity contribution in [3.05, 3.63) is 30.3 Å². The predicted octanol–water partition coefficient (Wildman–Crippen LogP) is 3.12. The molecule has 0 aliphatic carbocycles. The minimum atomic E-state index is -3.57. The molecule has 9 heteroatoms. The van der Waals surface area contributed by atoms with Crippen molar-refractivity contribution in [1.29, 1.82) is 0 Å². The van der Waals surface area contributed by atoms with E-state index in [0.717, 1.165) is 12.8 Å². The molecular weight excluding hydrogens is 464 g/mol. The molecule has 0 spiro atoms. The summed E-state index contributed by atoms with van der Waals surface area (Å²) >= 11 is 0. The number of hydrogen-bond donors (Lipinski definition) is 4. The fourth-order valence-electron chi connectivity index (χ4n) is 2.41. The van der Waals surface area contributed by atoms with E-state index in [4.69, 9.17) is 27.1 Å². The Hall–Kier alpha value is -0.511. The van der Waals surface area contributed by atoms with Gasteiger partial charge in [0.1, 0.15) is 0 Å². The Morgan fingerprint density at radius 2 is 1.06 bits per heavy atom. The van der Waals surface area contributed by atoms with Gasteiger partial charge in [-0.25, -0.2) is 0 Å². The number of rotatable bonds is 15. The molecule has 0 fully saturated rings. The monoisotopic (exact) mass is 509 g/mol. The van der Waals surface area contributed by atoms with Gasteiger partial charge in [-0.3, -0.25) is 4.18 Å². The van der Waals surface area contributed by atoms with E-state index in [1.807, 2.05) is 0 Å². The maximum Gasteiger partial charge on any atom is 2.00 e. The van der Waals surface area contributed by atoms with Crippen LogP contribution < -0.4 is 22.9 Å². The zero-order chi connectivity index (χ0) is 22.9. The van der Waals surface area contributed by atoms with Gasteiger partial charge in [-0.2, -0.15) is 8.42 Å². The van der Waals surface area contributed by atoms with Gasteiger partial charge in [0.2, 0.25) is 0 Å². The van der Waals surface area contributed by atoms with Crippen molar-refractivity contribution in [1.82, 2.24) is 0 Å². The Morgan fingerprint density at radius 1 is 0.677 bits per heavy atom. The molecule has 1 rings (SSSR count). The molecule has 31 heavy (non-hydrogen) atoms. The van der Waals surface area contributed by atoms with E-state index in [9.17, 15) is 8.42 Å². The fraction of sp³-hybridized carbons (Fsp3) is 0.727. The first-order valence-electron chi connectivity index (χ1n) is 11.2. The summed E-state index contributed by atoms with van der Waals surface area (Å²) in [6.07, 6.45) is 12.3. The number of unbranched alkanes of at least 4 members (excludes halogenated alkanes) is 9. The summed E-state index contributed by atoms with van der Waals surface area (Å²) in [5, 5.41) is 0. The molecule has 7 nitrogen and oxygen atoms in total. The minimum Gasteiger partial charge on any atom is -0.329 e. The maximum absolute atomic E-state index is 11.9. The van der Waals surface area contributed by atoms with Crippen LogP contribution in [0.3, 0.4) is 0 Å². The Labute approximate surface area is 201 Å². The van der Waals surface area contributed by atoms with Crippen molar-refractivity contribution in [2.45, 2.75) is 76.0 Å². The summed E-state index contributed by atoms with van der Waals surface area (Å²) in [4.78, 5) is 0.238. The first-order chi connectivity index (χ1) is 14.5. The van der Waals surface area contributed by atoms with Gasteiger partial charge in [-0.15, -0.1) is 0 Å². The van der Waals surface area contributed by atoms with Crippen molar-refractivity contribution in [2.24, 2.45) is 22.9 Å². The topological polar surface area (TPSA) is 147 Å². The molecule has 0 bridgehead atoms. The number of nitrogens with two attached hydrogens (primary N) is 4. The summed E-state index contributed by atoms with van der Waals surface area (Å²) in [5.41, 5.74) is 19.6. The second-order valence-corrected chi connectivity index (χ2v) is 8.54. The van der Waals surface area contributed by atoms with Gasteiger partial charge in [-0.05, 0) is 18.6 Å². The molecule has 0 saturated carbocycles. The summed E-state index contributed by atoms with van der Waals surface area (Å²) in [6, 6.07) is 8.33. The zero-order valence-corrected chi connectivity index (χ0v) is 21.0. The van der Waals surface area contributed by atoms with Crippen molar-refractivity contribution < 1.29 is 29.7 Å². The van der Waals surface area contributed by atoms with E-state index in [1.54, 1.807) is 30.3 Å². The Balaban J connectivity index is -0.000000747.